The van der Waals surface area contributed by atoms with Crippen LogP contribution in [0.2, 0.25) is 0 Å². The molecular weight excluding hydrogens is 322 g/mol. The summed E-state index contributed by atoms with van der Waals surface area (Å²) in [4.78, 5) is 3.96. The Morgan fingerprint density at radius 1 is 1.17 bits per heavy atom. The molecule has 0 amide bonds. The summed E-state index contributed by atoms with van der Waals surface area (Å²) < 4.78 is 27.9. The molecule has 2 N–H and O–H groups in total. The van der Waals surface area contributed by atoms with E-state index in [1.54, 1.807) is 12.4 Å². The smallest absolute Gasteiger partial charge is 0.141 e. The number of hydrogen-bond donors (Lipinski definition) is 1. The summed E-state index contributed by atoms with van der Waals surface area (Å²) in [5.41, 5.74) is 6.31. The van der Waals surface area contributed by atoms with Gasteiger partial charge in [0.15, 0.2) is 0 Å². The van der Waals surface area contributed by atoms with Gasteiger partial charge in [-0.1, -0.05) is 0 Å². The molecule has 1 aromatic heterocycles. The zero-order valence-corrected chi connectivity index (χ0v) is 11.6. The van der Waals surface area contributed by atoms with Gasteiger partial charge in [-0.3, -0.25) is 4.98 Å². The maximum atomic E-state index is 13.5. The minimum atomic E-state index is -0.638. The van der Waals surface area contributed by atoms with Crippen molar-refractivity contribution >= 4 is 33.4 Å². The topological polar surface area (TPSA) is 38.9 Å². The van der Waals surface area contributed by atoms with E-state index in [0.717, 1.165) is 33.9 Å². The Morgan fingerprint density at radius 2 is 1.83 bits per heavy atom. The first-order valence-corrected chi connectivity index (χ1v) is 6.81. The van der Waals surface area contributed by atoms with Crippen LogP contribution in [0, 0.1) is 11.6 Å². The number of hydrogen-bond acceptors (Lipinski definition) is 3. The first-order valence-electron chi connectivity index (χ1n) is 5.03. The number of halogens is 3. The highest BCUT2D eigenvalue weighted by Crippen LogP contribution is 2.30. The van der Waals surface area contributed by atoms with Crippen LogP contribution >= 0.6 is 27.7 Å². The largest absolute Gasteiger partial charge is 0.399 e. The summed E-state index contributed by atoms with van der Waals surface area (Å²) in [5.74, 6) is -0.842. The van der Waals surface area contributed by atoms with Crippen molar-refractivity contribution in [3.63, 3.8) is 0 Å². The van der Waals surface area contributed by atoms with E-state index in [9.17, 15) is 8.78 Å². The molecule has 0 bridgehead atoms. The van der Waals surface area contributed by atoms with Crippen molar-refractivity contribution in [3.05, 3.63) is 52.3 Å². The average molecular weight is 331 g/mol. The lowest BCUT2D eigenvalue weighted by Crippen LogP contribution is -1.93. The molecule has 0 unspecified atom stereocenters. The van der Waals surface area contributed by atoms with Crippen LogP contribution in [0.4, 0.5) is 14.5 Å². The van der Waals surface area contributed by atoms with Gasteiger partial charge in [0.05, 0.1) is 4.90 Å². The highest BCUT2D eigenvalue weighted by atomic mass is 79.9. The van der Waals surface area contributed by atoms with Gasteiger partial charge in [0.2, 0.25) is 0 Å². The third-order valence-electron chi connectivity index (χ3n) is 2.17. The number of nitrogens with two attached hydrogens (primary N) is 1. The highest BCUT2D eigenvalue weighted by Gasteiger charge is 2.11. The third kappa shape index (κ3) is 3.20. The van der Waals surface area contributed by atoms with Gasteiger partial charge in [-0.2, -0.15) is 0 Å². The molecule has 0 aliphatic heterocycles. The molecule has 0 aliphatic carbocycles. The van der Waals surface area contributed by atoms with Gasteiger partial charge in [-0.25, -0.2) is 8.78 Å². The molecule has 2 rings (SSSR count). The van der Waals surface area contributed by atoms with Crippen molar-refractivity contribution in [3.8, 4) is 0 Å². The summed E-state index contributed by atoms with van der Waals surface area (Å²) in [6.07, 6.45) is 3.31. The number of nitrogens with zero attached hydrogens (tertiary/aromatic N) is 1. The fourth-order valence-corrected chi connectivity index (χ4v) is 2.68. The summed E-state index contributed by atoms with van der Waals surface area (Å²) in [7, 11) is 0. The van der Waals surface area contributed by atoms with Gasteiger partial charge in [0.1, 0.15) is 11.6 Å². The lowest BCUT2D eigenvalue weighted by atomic mass is 10.3. The number of pyridine rings is 1. The summed E-state index contributed by atoms with van der Waals surface area (Å²) in [6.45, 7) is 0. The summed E-state index contributed by atoms with van der Waals surface area (Å²) in [5, 5.41) is 0. The van der Waals surface area contributed by atoms with Gasteiger partial charge in [0.25, 0.3) is 0 Å². The number of nitrogen functional groups attached to an aromatic ring is 1. The minimum absolute atomic E-state index is 0.0239. The molecule has 0 saturated heterocycles. The van der Waals surface area contributed by atoms with Crippen molar-refractivity contribution < 1.29 is 8.78 Å². The molecule has 18 heavy (non-hydrogen) atoms. The van der Waals surface area contributed by atoms with Crippen LogP contribution in [-0.4, -0.2) is 4.98 Å². The molecular formula is C12H9BrF2N2S. The van der Waals surface area contributed by atoms with Crippen LogP contribution in [0.5, 0.6) is 0 Å². The molecule has 0 atom stereocenters. The molecule has 0 aliphatic rings. The fourth-order valence-electron chi connectivity index (χ4n) is 1.41. The van der Waals surface area contributed by atoms with E-state index < -0.39 is 11.6 Å². The minimum Gasteiger partial charge on any atom is -0.399 e. The van der Waals surface area contributed by atoms with E-state index in [1.165, 1.54) is 0 Å². The second kappa shape index (κ2) is 5.67. The maximum Gasteiger partial charge on any atom is 0.141 e. The Morgan fingerprint density at radius 3 is 2.44 bits per heavy atom. The van der Waals surface area contributed by atoms with E-state index in [-0.39, 0.29) is 10.6 Å². The summed E-state index contributed by atoms with van der Waals surface area (Å²) >= 11 is 4.37. The Labute approximate surface area is 116 Å². The molecule has 6 heteroatoms. The van der Waals surface area contributed by atoms with Crippen molar-refractivity contribution in [1.82, 2.24) is 4.98 Å². The number of thioether (sulfide) groups is 1. The molecule has 1 heterocycles. The highest BCUT2D eigenvalue weighted by molar-refractivity contribution is 9.10. The van der Waals surface area contributed by atoms with Crippen LogP contribution in [0.3, 0.4) is 0 Å². The fraction of sp³-hybridized carbons (Fsp3) is 0.0833. The number of aromatic nitrogens is 1. The Balaban J connectivity index is 2.16. The molecule has 1 aromatic carbocycles. The molecule has 0 spiro atoms. The van der Waals surface area contributed by atoms with E-state index in [4.69, 9.17) is 5.73 Å². The lowest BCUT2D eigenvalue weighted by Gasteiger charge is -2.06. The van der Waals surface area contributed by atoms with Crippen LogP contribution in [0.25, 0.3) is 0 Å². The Hall–Kier alpha value is -1.14. The van der Waals surface area contributed by atoms with Crippen LogP contribution in [-0.2, 0) is 5.75 Å². The quantitative estimate of drug-likeness (QED) is 0.683. The zero-order chi connectivity index (χ0) is 13.1. The van der Waals surface area contributed by atoms with Crippen molar-refractivity contribution in [2.75, 3.05) is 5.73 Å². The first-order chi connectivity index (χ1) is 8.56. The standard InChI is InChI=1S/C12H9BrF2N2S/c13-8-1-7(4-17-5-8)6-18-12-10(14)2-9(16)3-11(12)15/h1-5H,6,16H2. The van der Waals surface area contributed by atoms with Gasteiger partial charge in [-0.05, 0) is 39.7 Å². The predicted octanol–water partition coefficient (Wildman–Crippen LogP) is 4.00. The molecule has 0 saturated carbocycles. The van der Waals surface area contributed by atoms with E-state index in [2.05, 4.69) is 20.9 Å². The normalized spacial score (nSPS) is 10.6. The van der Waals surface area contributed by atoms with Crippen molar-refractivity contribution in [2.24, 2.45) is 0 Å². The number of benzene rings is 1. The second-order valence-corrected chi connectivity index (χ2v) is 5.52. The van der Waals surface area contributed by atoms with Crippen LogP contribution in [0.15, 0.2) is 40.0 Å². The SMILES string of the molecule is Nc1cc(F)c(SCc2cncc(Br)c2)c(F)c1. The molecule has 0 fully saturated rings. The van der Waals surface area contributed by atoms with E-state index in [1.807, 2.05) is 6.07 Å². The molecule has 0 radical (unpaired) electrons. The van der Waals surface area contributed by atoms with Crippen molar-refractivity contribution in [1.29, 1.82) is 0 Å². The second-order valence-electron chi connectivity index (χ2n) is 3.61. The van der Waals surface area contributed by atoms with Crippen molar-refractivity contribution in [2.45, 2.75) is 10.6 Å². The predicted molar refractivity (Wildman–Crippen MR) is 72.3 cm³/mol. The van der Waals surface area contributed by atoms with Gasteiger partial charge in [0, 0.05) is 28.3 Å². The molecule has 2 nitrogen and oxygen atoms in total. The number of anilines is 1. The number of rotatable bonds is 3. The first kappa shape index (κ1) is 13.3. The van der Waals surface area contributed by atoms with E-state index >= 15 is 0 Å². The molecule has 2 aromatic rings. The van der Waals surface area contributed by atoms with Gasteiger partial charge in [-0.15, -0.1) is 11.8 Å². The zero-order valence-electron chi connectivity index (χ0n) is 9.16. The van der Waals surface area contributed by atoms with Gasteiger partial charge >= 0.3 is 0 Å². The lowest BCUT2D eigenvalue weighted by molar-refractivity contribution is 0.542. The molecule has 94 valence electrons. The van der Waals surface area contributed by atoms with Crippen LogP contribution in [0.1, 0.15) is 5.56 Å². The Bertz CT molecular complexity index is 555. The monoisotopic (exact) mass is 330 g/mol. The average Bonchev–Trinajstić information content (AvgIpc) is 2.27. The maximum absolute atomic E-state index is 13.5. The van der Waals surface area contributed by atoms with E-state index in [0.29, 0.717) is 5.75 Å². The summed E-state index contributed by atoms with van der Waals surface area (Å²) in [6, 6.07) is 4.09. The Kier molecular flexibility index (Phi) is 4.19. The van der Waals surface area contributed by atoms with Gasteiger partial charge < -0.3 is 5.73 Å². The van der Waals surface area contributed by atoms with Crippen LogP contribution < -0.4 is 5.73 Å². The third-order valence-corrected chi connectivity index (χ3v) is 3.76.